The number of aliphatic hydroxyl groups is 4. The van der Waals surface area contributed by atoms with Crippen LogP contribution in [0.25, 0.3) is 21.5 Å². The summed E-state index contributed by atoms with van der Waals surface area (Å²) in [7, 11) is 0.764. The van der Waals surface area contributed by atoms with Crippen molar-refractivity contribution < 1.29 is 55.4 Å². The Kier molecular flexibility index (Phi) is 23.5. The molecule has 22 heteroatoms. The number of carbonyl (C=O) groups excluding carboxylic acids is 1. The first-order valence-corrected chi connectivity index (χ1v) is 26.9. The quantitative estimate of drug-likeness (QED) is 0.0782. The van der Waals surface area contributed by atoms with E-state index in [-0.39, 0.29) is 80.9 Å². The van der Waals surface area contributed by atoms with E-state index in [9.17, 15) is 22.8 Å². The number of ketones is 1. The number of rotatable bonds is 7. The van der Waals surface area contributed by atoms with Gasteiger partial charge in [0.1, 0.15) is 22.4 Å². The van der Waals surface area contributed by atoms with Gasteiger partial charge in [-0.3, -0.25) is 19.5 Å². The van der Waals surface area contributed by atoms with Crippen LogP contribution in [0.2, 0.25) is 0 Å². The van der Waals surface area contributed by atoms with Crippen LogP contribution in [-0.4, -0.2) is 115 Å². The molecule has 6 fully saturated rings. The van der Waals surface area contributed by atoms with Crippen LogP contribution in [0.15, 0.2) is 87.3 Å². The summed E-state index contributed by atoms with van der Waals surface area (Å²) in [6, 6.07) is 14.5. The molecule has 0 saturated heterocycles. The van der Waals surface area contributed by atoms with Crippen LogP contribution in [0, 0.1) is 11.8 Å². The number of pyridine rings is 2. The van der Waals surface area contributed by atoms with Gasteiger partial charge in [-0.25, -0.2) is 17.8 Å². The van der Waals surface area contributed by atoms with Crippen LogP contribution in [0.5, 0.6) is 0 Å². The number of hydrogen-bond donors (Lipinski definition) is 5. The molecule has 6 aliphatic carbocycles. The Morgan fingerprint density at radius 2 is 0.986 bits per heavy atom. The van der Waals surface area contributed by atoms with Gasteiger partial charge in [0.15, 0.2) is 5.69 Å². The molecule has 4 aromatic heterocycles. The van der Waals surface area contributed by atoms with Crippen molar-refractivity contribution in [2.45, 2.75) is 128 Å². The minimum atomic E-state index is -1.48. The van der Waals surface area contributed by atoms with Crippen molar-refractivity contribution in [1.29, 1.82) is 0 Å². The summed E-state index contributed by atoms with van der Waals surface area (Å²) >= 11 is 0. The first-order valence-electron chi connectivity index (χ1n) is 24.5. The van der Waals surface area contributed by atoms with E-state index in [0.717, 1.165) is 61.3 Å². The molecule has 74 heavy (non-hydrogen) atoms. The number of aliphatic hydroxyl groups excluding tert-OH is 4. The summed E-state index contributed by atoms with van der Waals surface area (Å²) in [6.07, 6.45) is 14.0. The SMILES string of the molecule is CC(C)(C)[S@@](N)=O.CCO.CCO.CCO.CCO.Cn1ccc2c(C(=N[S@@](=O)C(C)(C)C)c3cn(C45CC(C4)C5)nn3)cccc2c1=O.Cn1ccc2c(C(=O)c3cn(C45CC(C4)C5)nn3)cccc2c1=O.[Ti]. The monoisotopic (exact) mass is 1100 g/mol. The standard InChI is InChI=1S/C22H25N5O2S.C18H16N4O2.C4H11NOS.4C2H6O.Ti/c1-21(2,3)30(29)24-19(18-13-27(25-23-18)22-10-14(11-22)12-22)16-6-5-7-17-15(16)8-9-26(4)20(17)28;1-21-6-5-12-13(3-2-4-14(12)17(21)24)16(23)15-10-22(20-19-15)18-7-11(8-18)9-18;1-4(2,3)7(5)6;4*1-2-3;/h5-9,13-14H,10-12H2,1-4H3;2-6,10-11H,7-9H2,1H3;5H2,1-3H3;4*3H,2H2,1H3;/t14?,22?,30-;;7-;;;;;/m0.0...../s1. The van der Waals surface area contributed by atoms with Gasteiger partial charge in [0, 0.05) is 96.5 Å². The zero-order valence-corrected chi connectivity index (χ0v) is 48.1. The van der Waals surface area contributed by atoms with Crippen LogP contribution in [0.1, 0.15) is 135 Å². The van der Waals surface area contributed by atoms with E-state index in [1.54, 1.807) is 95.3 Å². The van der Waals surface area contributed by atoms with Crippen LogP contribution in [0.3, 0.4) is 0 Å². The zero-order valence-electron chi connectivity index (χ0n) is 44.9. The van der Waals surface area contributed by atoms with E-state index in [1.807, 2.05) is 75.3 Å². The van der Waals surface area contributed by atoms with E-state index in [1.165, 1.54) is 4.57 Å². The molecule has 6 N–H and O–H groups in total. The first-order chi connectivity index (χ1) is 34.3. The number of benzene rings is 2. The van der Waals surface area contributed by atoms with E-state index in [4.69, 9.17) is 25.6 Å². The van der Waals surface area contributed by atoms with Crippen LogP contribution >= 0.6 is 0 Å². The Morgan fingerprint density at radius 1 is 0.635 bits per heavy atom. The third kappa shape index (κ3) is 14.8. The molecule has 6 aromatic rings. The molecular formula is C52H76N10O9S2Ti. The zero-order chi connectivity index (χ0) is 54.6. The molecule has 6 saturated carbocycles. The van der Waals surface area contributed by atoms with Gasteiger partial charge in [-0.15, -0.1) is 10.2 Å². The van der Waals surface area contributed by atoms with Crippen molar-refractivity contribution in [2.75, 3.05) is 26.4 Å². The van der Waals surface area contributed by atoms with Crippen molar-refractivity contribution >= 4 is 55.0 Å². The largest absolute Gasteiger partial charge is 0.397 e. The molecule has 0 aliphatic heterocycles. The summed E-state index contributed by atoms with van der Waals surface area (Å²) in [4.78, 5) is 37.8. The maximum Gasteiger partial charge on any atom is 0.258 e. The fraction of sp³-hybridized carbons (Fsp3) is 0.538. The van der Waals surface area contributed by atoms with Crippen molar-refractivity contribution in [2.24, 2.45) is 35.5 Å². The molecule has 2 atom stereocenters. The molecule has 2 aromatic carbocycles. The minimum absolute atomic E-state index is 0. The second-order valence-electron chi connectivity index (χ2n) is 20.3. The molecule has 4 bridgehead atoms. The van der Waals surface area contributed by atoms with Crippen LogP contribution in [-0.2, 0) is 68.9 Å². The number of hydrogen-bond acceptors (Lipinski definition) is 13. The van der Waals surface area contributed by atoms with Gasteiger partial charge < -0.3 is 29.6 Å². The normalized spacial score (nSPS) is 20.4. The smallest absolute Gasteiger partial charge is 0.258 e. The number of carbonyl (C=O) groups is 1. The fourth-order valence-corrected chi connectivity index (χ4v) is 9.01. The van der Waals surface area contributed by atoms with Crippen LogP contribution in [0.4, 0.5) is 0 Å². The number of nitrogens with two attached hydrogens (primary N) is 1. The summed E-state index contributed by atoms with van der Waals surface area (Å²) < 4.78 is 34.0. The second kappa shape index (κ2) is 27.4. The van der Waals surface area contributed by atoms with Gasteiger partial charge in [0.25, 0.3) is 11.1 Å². The molecule has 0 amide bonds. The van der Waals surface area contributed by atoms with E-state index < -0.39 is 26.7 Å². The Balaban J connectivity index is 0.000000292. The maximum atomic E-state index is 13.0. The average molecular weight is 1100 g/mol. The first kappa shape index (κ1) is 63.6. The average Bonchev–Trinajstić information content (AvgIpc) is 3.95. The number of nitrogens with zero attached hydrogens (tertiary/aromatic N) is 9. The topological polar surface area (TPSA) is 276 Å². The molecular weight excluding hydrogens is 1020 g/mol. The number of aryl methyl sites for hydroxylation is 2. The Labute approximate surface area is 453 Å². The summed E-state index contributed by atoms with van der Waals surface area (Å²) in [6.45, 7) is 18.9. The van der Waals surface area contributed by atoms with E-state index >= 15 is 0 Å². The van der Waals surface area contributed by atoms with Crippen molar-refractivity contribution in [3.8, 4) is 0 Å². The maximum absolute atomic E-state index is 13.0. The fourth-order valence-electron chi connectivity index (χ4n) is 8.38. The van der Waals surface area contributed by atoms with Gasteiger partial charge in [0.05, 0.1) is 44.0 Å². The van der Waals surface area contributed by atoms with E-state index in [0.29, 0.717) is 38.8 Å². The van der Waals surface area contributed by atoms with Crippen molar-refractivity contribution in [3.63, 3.8) is 0 Å². The number of fused-ring (bicyclic) bond motifs is 2. The van der Waals surface area contributed by atoms with Crippen molar-refractivity contribution in [3.05, 3.63) is 117 Å². The second-order valence-corrected chi connectivity index (χ2v) is 24.0. The Morgan fingerprint density at radius 3 is 1.34 bits per heavy atom. The molecule has 0 spiro atoms. The molecule has 12 rings (SSSR count). The minimum Gasteiger partial charge on any atom is -0.397 e. The third-order valence-electron chi connectivity index (χ3n) is 12.5. The van der Waals surface area contributed by atoms with Gasteiger partial charge >= 0.3 is 0 Å². The summed E-state index contributed by atoms with van der Waals surface area (Å²) in [5, 5.41) is 55.0. The van der Waals surface area contributed by atoms with Gasteiger partial charge in [0.2, 0.25) is 5.78 Å². The van der Waals surface area contributed by atoms with Gasteiger partial charge in [-0.05, 0) is 155 Å². The predicted octanol–water partition coefficient (Wildman–Crippen LogP) is 5.21. The Bertz CT molecular complexity index is 2980. The molecule has 404 valence electrons. The third-order valence-corrected chi connectivity index (χ3v) is 15.1. The molecule has 19 nitrogen and oxygen atoms in total. The molecule has 6 aliphatic rings. The van der Waals surface area contributed by atoms with Gasteiger partial charge in [-0.1, -0.05) is 34.7 Å². The van der Waals surface area contributed by atoms with Gasteiger partial charge in [-0.2, -0.15) is 4.40 Å². The Hall–Kier alpha value is -4.71. The van der Waals surface area contributed by atoms with Crippen LogP contribution < -0.4 is 16.3 Å². The van der Waals surface area contributed by atoms with E-state index in [2.05, 4.69) is 25.0 Å². The number of aromatic nitrogens is 8. The molecule has 0 radical (unpaired) electrons. The summed E-state index contributed by atoms with van der Waals surface area (Å²) in [5.74, 6) is 1.47. The molecule has 4 heterocycles. The predicted molar refractivity (Wildman–Crippen MR) is 289 cm³/mol. The summed E-state index contributed by atoms with van der Waals surface area (Å²) in [5.41, 5.74) is 2.72. The molecule has 0 unspecified atom stereocenters. The van der Waals surface area contributed by atoms with Crippen molar-refractivity contribution in [1.82, 2.24) is 39.1 Å².